The smallest absolute Gasteiger partial charge is 0.234 e. The van der Waals surface area contributed by atoms with Crippen molar-refractivity contribution in [2.45, 2.75) is 44.9 Å². The Morgan fingerprint density at radius 3 is 2.57 bits per heavy atom. The number of amides is 1. The van der Waals surface area contributed by atoms with Gasteiger partial charge in [-0.25, -0.2) is 0 Å². The molecule has 0 saturated carbocycles. The van der Waals surface area contributed by atoms with Gasteiger partial charge >= 0.3 is 0 Å². The Bertz CT molecular complexity index is 642. The van der Waals surface area contributed by atoms with E-state index in [4.69, 9.17) is 9.47 Å². The highest BCUT2D eigenvalue weighted by atomic mass is 16.5. The number of nitrogens with zero attached hydrogens (tertiary/aromatic N) is 2. The van der Waals surface area contributed by atoms with Crippen molar-refractivity contribution in [1.82, 2.24) is 15.1 Å². The lowest BCUT2D eigenvalue weighted by atomic mass is 9.98. The van der Waals surface area contributed by atoms with Crippen molar-refractivity contribution < 1.29 is 14.3 Å². The van der Waals surface area contributed by atoms with Gasteiger partial charge < -0.3 is 14.8 Å². The first kappa shape index (κ1) is 21.2. The van der Waals surface area contributed by atoms with Crippen LogP contribution in [0, 0.1) is 0 Å². The van der Waals surface area contributed by atoms with Crippen molar-refractivity contribution in [2.75, 3.05) is 52.5 Å². The van der Waals surface area contributed by atoms with Crippen molar-refractivity contribution in [3.05, 3.63) is 35.9 Å². The average molecular weight is 390 g/mol. The molecule has 156 valence electrons. The van der Waals surface area contributed by atoms with E-state index < -0.39 is 0 Å². The predicted molar refractivity (Wildman–Crippen MR) is 110 cm³/mol. The molecule has 2 aliphatic heterocycles. The van der Waals surface area contributed by atoms with Crippen molar-refractivity contribution >= 4 is 5.91 Å². The van der Waals surface area contributed by atoms with Gasteiger partial charge in [-0.3, -0.25) is 14.6 Å². The highest BCUT2D eigenvalue weighted by Crippen LogP contribution is 2.29. The summed E-state index contributed by atoms with van der Waals surface area (Å²) in [7, 11) is 0. The molecule has 2 saturated heterocycles. The van der Waals surface area contributed by atoms with Crippen LogP contribution in [-0.2, 0) is 14.3 Å². The van der Waals surface area contributed by atoms with Gasteiger partial charge in [0, 0.05) is 37.3 Å². The van der Waals surface area contributed by atoms with E-state index in [-0.39, 0.29) is 23.1 Å². The number of morpholine rings is 2. The van der Waals surface area contributed by atoms with Crippen LogP contribution < -0.4 is 5.32 Å². The first-order valence-corrected chi connectivity index (χ1v) is 10.3. The first-order valence-electron chi connectivity index (χ1n) is 10.3. The van der Waals surface area contributed by atoms with Crippen molar-refractivity contribution in [3.63, 3.8) is 0 Å². The van der Waals surface area contributed by atoms with Gasteiger partial charge in [-0.2, -0.15) is 0 Å². The summed E-state index contributed by atoms with van der Waals surface area (Å²) in [6, 6.07) is 10.3. The molecule has 0 aromatic heterocycles. The Kier molecular flexibility index (Phi) is 6.76. The van der Waals surface area contributed by atoms with Crippen LogP contribution in [0.2, 0.25) is 0 Å². The molecule has 0 radical (unpaired) electrons. The fourth-order valence-electron chi connectivity index (χ4n) is 3.87. The zero-order valence-electron chi connectivity index (χ0n) is 17.7. The fraction of sp³-hybridized carbons (Fsp3) is 0.682. The third-order valence-corrected chi connectivity index (χ3v) is 5.97. The van der Waals surface area contributed by atoms with E-state index in [1.54, 1.807) is 0 Å². The Morgan fingerprint density at radius 2 is 1.89 bits per heavy atom. The minimum absolute atomic E-state index is 0.00631. The van der Waals surface area contributed by atoms with Crippen LogP contribution in [0.15, 0.2) is 30.3 Å². The third-order valence-electron chi connectivity index (χ3n) is 5.97. The Morgan fingerprint density at radius 1 is 1.21 bits per heavy atom. The molecule has 6 nitrogen and oxygen atoms in total. The monoisotopic (exact) mass is 389 g/mol. The Balaban J connectivity index is 1.55. The maximum atomic E-state index is 12.7. The molecule has 0 aliphatic carbocycles. The van der Waals surface area contributed by atoms with Gasteiger partial charge in [-0.05, 0) is 33.3 Å². The van der Waals surface area contributed by atoms with Gasteiger partial charge in [0.15, 0.2) is 0 Å². The van der Waals surface area contributed by atoms with Gasteiger partial charge in [0.2, 0.25) is 5.91 Å². The van der Waals surface area contributed by atoms with Crippen molar-refractivity contribution in [2.24, 2.45) is 0 Å². The van der Waals surface area contributed by atoms with E-state index in [1.807, 2.05) is 18.2 Å². The van der Waals surface area contributed by atoms with E-state index in [0.717, 1.165) is 38.4 Å². The molecule has 1 N–H and O–H groups in total. The summed E-state index contributed by atoms with van der Waals surface area (Å²) in [5.74, 6) is 0.0723. The highest BCUT2D eigenvalue weighted by molar-refractivity contribution is 5.78. The lowest BCUT2D eigenvalue weighted by Gasteiger charge is -2.45. The topological polar surface area (TPSA) is 54.0 Å². The number of carbonyl (C=O) groups is 1. The quantitative estimate of drug-likeness (QED) is 0.807. The minimum Gasteiger partial charge on any atom is -0.379 e. The number of hydrogen-bond acceptors (Lipinski definition) is 5. The molecule has 2 fully saturated rings. The molecule has 0 bridgehead atoms. The molecule has 1 unspecified atom stereocenters. The van der Waals surface area contributed by atoms with E-state index in [1.165, 1.54) is 0 Å². The zero-order valence-corrected chi connectivity index (χ0v) is 17.7. The van der Waals surface area contributed by atoms with Gasteiger partial charge in [-0.15, -0.1) is 0 Å². The number of ether oxygens (including phenoxy) is 2. The van der Waals surface area contributed by atoms with E-state index in [2.05, 4.69) is 54.9 Å². The summed E-state index contributed by atoms with van der Waals surface area (Å²) in [5.41, 5.74) is 0.923. The number of nitrogens with one attached hydrogen (secondary N) is 1. The molecular formula is C22H35N3O3. The molecule has 2 aliphatic rings. The van der Waals surface area contributed by atoms with E-state index in [9.17, 15) is 4.79 Å². The van der Waals surface area contributed by atoms with Crippen LogP contribution >= 0.6 is 0 Å². The highest BCUT2D eigenvalue weighted by Gasteiger charge is 2.37. The largest absolute Gasteiger partial charge is 0.379 e. The zero-order chi connectivity index (χ0) is 20.2. The molecule has 6 heteroatoms. The molecule has 28 heavy (non-hydrogen) atoms. The summed E-state index contributed by atoms with van der Waals surface area (Å²) in [4.78, 5) is 17.4. The van der Waals surface area contributed by atoms with Crippen LogP contribution in [0.5, 0.6) is 0 Å². The number of benzene rings is 1. The lowest BCUT2D eigenvalue weighted by Crippen LogP contribution is -2.58. The molecule has 1 aromatic carbocycles. The summed E-state index contributed by atoms with van der Waals surface area (Å²) >= 11 is 0. The number of carbonyl (C=O) groups excluding carboxylic acids is 1. The van der Waals surface area contributed by atoms with Crippen LogP contribution in [0.25, 0.3) is 0 Å². The van der Waals surface area contributed by atoms with Gasteiger partial charge in [-0.1, -0.05) is 30.3 Å². The van der Waals surface area contributed by atoms with Gasteiger partial charge in [0.1, 0.15) is 0 Å². The maximum absolute atomic E-state index is 12.7. The van der Waals surface area contributed by atoms with Gasteiger partial charge in [0.25, 0.3) is 0 Å². The SMILES string of the molecule is CC(C)(CNC(=O)CN1CC(c2ccccc2)OCC1(C)C)N1CCOCC1. The standard InChI is InChI=1S/C22H35N3O3/c1-21(2,24-10-12-27-13-11-24)16-23-20(26)15-25-14-19(28-17-22(25,3)4)18-8-6-5-7-9-18/h5-9,19H,10-17H2,1-4H3,(H,23,26). The molecule has 2 heterocycles. The summed E-state index contributed by atoms with van der Waals surface area (Å²) < 4.78 is 11.5. The van der Waals surface area contributed by atoms with Crippen LogP contribution in [-0.4, -0.2) is 79.3 Å². The predicted octanol–water partition coefficient (Wildman–Crippen LogP) is 2.07. The Hall–Kier alpha value is -1.47. The number of hydrogen-bond donors (Lipinski definition) is 1. The molecule has 1 atom stereocenters. The number of rotatable bonds is 6. The normalized spacial score (nSPS) is 24.1. The average Bonchev–Trinajstić information content (AvgIpc) is 2.69. The summed E-state index contributed by atoms with van der Waals surface area (Å²) in [5, 5.41) is 3.16. The second kappa shape index (κ2) is 8.91. The van der Waals surface area contributed by atoms with E-state index in [0.29, 0.717) is 19.7 Å². The van der Waals surface area contributed by atoms with E-state index >= 15 is 0 Å². The van der Waals surface area contributed by atoms with Crippen LogP contribution in [0.1, 0.15) is 39.4 Å². The molecule has 3 rings (SSSR count). The fourth-order valence-corrected chi connectivity index (χ4v) is 3.87. The third kappa shape index (κ3) is 5.32. The second-order valence-corrected chi connectivity index (χ2v) is 9.09. The summed E-state index contributed by atoms with van der Waals surface area (Å²) in [6.45, 7) is 14.4. The maximum Gasteiger partial charge on any atom is 0.234 e. The van der Waals surface area contributed by atoms with Crippen molar-refractivity contribution in [1.29, 1.82) is 0 Å². The minimum atomic E-state index is -0.164. The van der Waals surface area contributed by atoms with Crippen molar-refractivity contribution in [3.8, 4) is 0 Å². The molecule has 1 aromatic rings. The van der Waals surface area contributed by atoms with Crippen LogP contribution in [0.4, 0.5) is 0 Å². The van der Waals surface area contributed by atoms with Crippen LogP contribution in [0.3, 0.4) is 0 Å². The molecule has 1 amide bonds. The molecule has 0 spiro atoms. The van der Waals surface area contributed by atoms with Gasteiger partial charge in [0.05, 0.1) is 32.5 Å². The Labute approximate surface area is 169 Å². The first-order chi connectivity index (χ1) is 13.3. The lowest BCUT2D eigenvalue weighted by molar-refractivity contribution is -0.133. The second-order valence-electron chi connectivity index (χ2n) is 9.09. The molecular weight excluding hydrogens is 354 g/mol. The summed E-state index contributed by atoms with van der Waals surface area (Å²) in [6.07, 6.45) is 0.00631.